The normalized spacial score (nSPS) is 24.8. The number of benzene rings is 1. The summed E-state index contributed by atoms with van der Waals surface area (Å²) >= 11 is 0. The first-order chi connectivity index (χ1) is 9.58. The van der Waals surface area contributed by atoms with Gasteiger partial charge in [-0.2, -0.15) is 0 Å². The van der Waals surface area contributed by atoms with Gasteiger partial charge in [0.15, 0.2) is 0 Å². The maximum Gasteiger partial charge on any atom is 0.335 e. The Morgan fingerprint density at radius 2 is 2.15 bits per heavy atom. The molecule has 0 bridgehead atoms. The molecule has 0 aliphatic carbocycles. The molecule has 6 heteroatoms. The summed E-state index contributed by atoms with van der Waals surface area (Å²) in [7, 11) is 0. The molecule has 0 aromatic heterocycles. The first kappa shape index (κ1) is 13.1. The molecule has 2 unspecified atom stereocenters. The maximum absolute atomic E-state index is 12.5. The predicted octanol–water partition coefficient (Wildman–Crippen LogP) is 0.248. The highest BCUT2D eigenvalue weighted by Gasteiger charge is 2.37. The van der Waals surface area contributed by atoms with Crippen LogP contribution >= 0.6 is 0 Å². The van der Waals surface area contributed by atoms with Crippen LogP contribution in [0.5, 0.6) is 0 Å². The van der Waals surface area contributed by atoms with Crippen molar-refractivity contribution < 1.29 is 19.4 Å². The number of hydrogen-bond acceptors (Lipinski definition) is 4. The second kappa shape index (κ2) is 4.88. The highest BCUT2D eigenvalue weighted by molar-refractivity contribution is 5.99. The van der Waals surface area contributed by atoms with E-state index in [-0.39, 0.29) is 23.4 Å². The summed E-state index contributed by atoms with van der Waals surface area (Å²) in [4.78, 5) is 25.2. The Kier molecular flexibility index (Phi) is 3.19. The van der Waals surface area contributed by atoms with Gasteiger partial charge in [0.25, 0.3) is 0 Å². The van der Waals surface area contributed by atoms with Crippen molar-refractivity contribution in [1.29, 1.82) is 0 Å². The molecule has 2 aliphatic rings. The number of rotatable bonds is 2. The highest BCUT2D eigenvalue weighted by atomic mass is 16.5. The summed E-state index contributed by atoms with van der Waals surface area (Å²) in [5, 5.41) is 9.05. The topological polar surface area (TPSA) is 92.9 Å². The molecule has 20 heavy (non-hydrogen) atoms. The first-order valence-corrected chi connectivity index (χ1v) is 6.59. The van der Waals surface area contributed by atoms with Crippen LogP contribution in [0.15, 0.2) is 18.2 Å². The molecule has 1 aromatic rings. The third-order valence-electron chi connectivity index (χ3n) is 3.94. The number of hydrogen-bond donors (Lipinski definition) is 2. The van der Waals surface area contributed by atoms with E-state index in [9.17, 15) is 9.59 Å². The Labute approximate surface area is 116 Å². The zero-order chi connectivity index (χ0) is 14.3. The summed E-state index contributed by atoms with van der Waals surface area (Å²) in [6.07, 6.45) is 0.740. The minimum Gasteiger partial charge on any atom is -0.478 e. The molecule has 1 saturated heterocycles. The fourth-order valence-electron chi connectivity index (χ4n) is 2.77. The van der Waals surface area contributed by atoms with Gasteiger partial charge in [-0.15, -0.1) is 0 Å². The zero-order valence-corrected chi connectivity index (χ0v) is 10.9. The van der Waals surface area contributed by atoms with Crippen molar-refractivity contribution in [1.82, 2.24) is 0 Å². The second-order valence-electron chi connectivity index (χ2n) is 5.20. The molecule has 2 heterocycles. The number of carbonyl (C=O) groups is 2. The van der Waals surface area contributed by atoms with Crippen LogP contribution < -0.4 is 10.6 Å². The van der Waals surface area contributed by atoms with E-state index >= 15 is 0 Å². The van der Waals surface area contributed by atoms with Gasteiger partial charge in [0.2, 0.25) is 5.91 Å². The molecule has 3 rings (SSSR count). The molecule has 2 aliphatic heterocycles. The van der Waals surface area contributed by atoms with Crippen LogP contribution in [0.25, 0.3) is 0 Å². The van der Waals surface area contributed by atoms with Gasteiger partial charge in [-0.1, -0.05) is 6.07 Å². The number of nitrogens with two attached hydrogens (primary N) is 1. The summed E-state index contributed by atoms with van der Waals surface area (Å²) in [5.41, 5.74) is 7.75. The van der Waals surface area contributed by atoms with E-state index in [1.54, 1.807) is 23.1 Å². The van der Waals surface area contributed by atoms with Crippen molar-refractivity contribution in [3.05, 3.63) is 29.3 Å². The molecule has 106 valence electrons. The van der Waals surface area contributed by atoms with E-state index in [2.05, 4.69) is 0 Å². The van der Waals surface area contributed by atoms with Crippen molar-refractivity contribution in [2.24, 2.45) is 11.7 Å². The fourth-order valence-corrected chi connectivity index (χ4v) is 2.77. The average Bonchev–Trinajstić information content (AvgIpc) is 3.03. The number of amides is 1. The Balaban J connectivity index is 1.90. The van der Waals surface area contributed by atoms with Crippen LogP contribution in [-0.4, -0.2) is 42.8 Å². The van der Waals surface area contributed by atoms with Gasteiger partial charge < -0.3 is 20.5 Å². The number of carboxylic acids is 1. The Hall–Kier alpha value is -1.92. The highest BCUT2D eigenvalue weighted by Crippen LogP contribution is 2.31. The number of carbonyl (C=O) groups excluding carboxylic acids is 1. The summed E-state index contributed by atoms with van der Waals surface area (Å²) in [6.45, 7) is 1.30. The van der Waals surface area contributed by atoms with Crippen LogP contribution in [0.4, 0.5) is 5.69 Å². The molecule has 0 saturated carbocycles. The van der Waals surface area contributed by atoms with E-state index in [1.165, 1.54) is 0 Å². The lowest BCUT2D eigenvalue weighted by Gasteiger charge is -2.22. The van der Waals surface area contributed by atoms with Gasteiger partial charge >= 0.3 is 5.97 Å². The van der Waals surface area contributed by atoms with Crippen LogP contribution in [0.3, 0.4) is 0 Å². The van der Waals surface area contributed by atoms with E-state index in [0.29, 0.717) is 25.4 Å². The number of carboxylic acid groups (broad SMARTS) is 1. The summed E-state index contributed by atoms with van der Waals surface area (Å²) in [5.74, 6) is -1.40. The minimum atomic E-state index is -0.993. The third-order valence-corrected chi connectivity index (χ3v) is 3.94. The lowest BCUT2D eigenvalue weighted by Crippen LogP contribution is -2.43. The number of anilines is 1. The van der Waals surface area contributed by atoms with Crippen LogP contribution in [0.2, 0.25) is 0 Å². The number of aromatic carboxylic acids is 1. The van der Waals surface area contributed by atoms with Crippen LogP contribution in [-0.2, 0) is 16.0 Å². The predicted molar refractivity (Wildman–Crippen MR) is 71.7 cm³/mol. The van der Waals surface area contributed by atoms with Gasteiger partial charge in [-0.05, 0) is 24.1 Å². The van der Waals surface area contributed by atoms with Crippen LogP contribution in [0.1, 0.15) is 15.9 Å². The van der Waals surface area contributed by atoms with Gasteiger partial charge in [-0.25, -0.2) is 4.79 Å². The van der Waals surface area contributed by atoms with E-state index in [1.807, 2.05) is 0 Å². The maximum atomic E-state index is 12.5. The zero-order valence-electron chi connectivity index (χ0n) is 10.9. The molecule has 0 radical (unpaired) electrons. The largest absolute Gasteiger partial charge is 0.478 e. The Bertz CT molecular complexity index is 572. The third kappa shape index (κ3) is 2.07. The summed E-state index contributed by atoms with van der Waals surface area (Å²) in [6, 6.07) is 4.62. The minimum absolute atomic E-state index is 0.0729. The number of ether oxygens (including phenoxy) is 1. The molecule has 6 nitrogen and oxygen atoms in total. The van der Waals surface area contributed by atoms with Gasteiger partial charge in [-0.3, -0.25) is 4.79 Å². The van der Waals surface area contributed by atoms with Gasteiger partial charge in [0.1, 0.15) is 0 Å². The SMILES string of the molecule is NC1COCC1C(=O)N1CCc2ccc(C(=O)O)cc21. The number of fused-ring (bicyclic) bond motifs is 1. The smallest absolute Gasteiger partial charge is 0.335 e. The average molecular weight is 276 g/mol. The monoisotopic (exact) mass is 276 g/mol. The molecular formula is C14H16N2O4. The van der Waals surface area contributed by atoms with Gasteiger partial charge in [0.05, 0.1) is 24.7 Å². The van der Waals surface area contributed by atoms with Crippen molar-refractivity contribution in [2.75, 3.05) is 24.7 Å². The lowest BCUT2D eigenvalue weighted by molar-refractivity contribution is -0.122. The van der Waals surface area contributed by atoms with Gasteiger partial charge in [0, 0.05) is 18.3 Å². The molecule has 0 spiro atoms. The fraction of sp³-hybridized carbons (Fsp3) is 0.429. The lowest BCUT2D eigenvalue weighted by atomic mass is 10.0. The van der Waals surface area contributed by atoms with Crippen LogP contribution in [0, 0.1) is 5.92 Å². The first-order valence-electron chi connectivity index (χ1n) is 6.59. The van der Waals surface area contributed by atoms with E-state index in [4.69, 9.17) is 15.6 Å². The molecular weight excluding hydrogens is 260 g/mol. The van der Waals surface area contributed by atoms with Crippen molar-refractivity contribution in [2.45, 2.75) is 12.5 Å². The Morgan fingerprint density at radius 3 is 2.80 bits per heavy atom. The van der Waals surface area contributed by atoms with Crippen molar-refractivity contribution >= 4 is 17.6 Å². The van der Waals surface area contributed by atoms with Crippen molar-refractivity contribution in [3.8, 4) is 0 Å². The standard InChI is InChI=1S/C14H16N2O4/c15-11-7-20-6-10(11)13(17)16-4-3-8-1-2-9(14(18)19)5-12(8)16/h1-2,5,10-11H,3-4,6-7,15H2,(H,18,19). The van der Waals surface area contributed by atoms with E-state index < -0.39 is 5.97 Å². The Morgan fingerprint density at radius 1 is 1.35 bits per heavy atom. The molecule has 1 aromatic carbocycles. The second-order valence-corrected chi connectivity index (χ2v) is 5.20. The molecule has 1 fully saturated rings. The molecule has 1 amide bonds. The quantitative estimate of drug-likeness (QED) is 0.807. The van der Waals surface area contributed by atoms with Crippen molar-refractivity contribution in [3.63, 3.8) is 0 Å². The van der Waals surface area contributed by atoms with E-state index in [0.717, 1.165) is 12.0 Å². The molecule has 2 atom stereocenters. The number of nitrogens with zero attached hydrogens (tertiary/aromatic N) is 1. The molecule has 3 N–H and O–H groups in total. The summed E-state index contributed by atoms with van der Waals surface area (Å²) < 4.78 is 5.23.